The van der Waals surface area contributed by atoms with Crippen molar-refractivity contribution in [2.75, 3.05) is 19.0 Å². The number of carboxylic acids is 1. The number of aliphatic carboxylic acids is 1. The summed E-state index contributed by atoms with van der Waals surface area (Å²) in [7, 11) is 0. The van der Waals surface area contributed by atoms with E-state index in [4.69, 9.17) is 14.6 Å². The lowest BCUT2D eigenvalue weighted by Crippen LogP contribution is -2.21. The highest BCUT2D eigenvalue weighted by molar-refractivity contribution is 7.99. The molecule has 0 bridgehead atoms. The standard InChI is InChI=1S/C10H20O4S/c1-4-13-10(14-5-2)7-15-8(3)6-9(11)12/h8,10H,4-7H2,1-3H3,(H,11,12). The Kier molecular flexibility index (Phi) is 8.85. The molecule has 5 heteroatoms. The van der Waals surface area contributed by atoms with Crippen LogP contribution in [0.4, 0.5) is 0 Å². The molecule has 1 N–H and O–H groups in total. The summed E-state index contributed by atoms with van der Waals surface area (Å²) in [6.45, 7) is 6.94. The molecule has 0 aliphatic heterocycles. The molecule has 0 aromatic carbocycles. The molecule has 0 saturated heterocycles. The summed E-state index contributed by atoms with van der Waals surface area (Å²) < 4.78 is 10.7. The molecule has 0 radical (unpaired) electrons. The Balaban J connectivity index is 3.71. The Bertz CT molecular complexity index is 169. The van der Waals surface area contributed by atoms with Crippen molar-refractivity contribution in [1.29, 1.82) is 0 Å². The van der Waals surface area contributed by atoms with Crippen LogP contribution in [-0.4, -0.2) is 41.6 Å². The summed E-state index contributed by atoms with van der Waals surface area (Å²) in [4.78, 5) is 10.4. The summed E-state index contributed by atoms with van der Waals surface area (Å²) in [6.07, 6.45) is -0.0448. The minimum absolute atomic E-state index is 0.0888. The molecule has 0 amide bonds. The minimum Gasteiger partial charge on any atom is -0.481 e. The van der Waals surface area contributed by atoms with Crippen molar-refractivity contribution in [3.05, 3.63) is 0 Å². The van der Waals surface area contributed by atoms with Gasteiger partial charge in [0.15, 0.2) is 6.29 Å². The first kappa shape index (κ1) is 14.7. The molecule has 4 nitrogen and oxygen atoms in total. The summed E-state index contributed by atoms with van der Waals surface area (Å²) >= 11 is 1.56. The Hall–Kier alpha value is -0.260. The summed E-state index contributed by atoms with van der Waals surface area (Å²) in [5.41, 5.74) is 0. The van der Waals surface area contributed by atoms with Gasteiger partial charge in [0.1, 0.15) is 0 Å². The molecular formula is C10H20O4S. The second-order valence-electron chi connectivity index (χ2n) is 3.08. The van der Waals surface area contributed by atoms with E-state index in [2.05, 4.69) is 0 Å². The van der Waals surface area contributed by atoms with E-state index in [9.17, 15) is 4.79 Å². The van der Waals surface area contributed by atoms with Crippen molar-refractivity contribution >= 4 is 17.7 Å². The number of ether oxygens (including phenoxy) is 2. The maximum Gasteiger partial charge on any atom is 0.304 e. The Labute approximate surface area is 95.3 Å². The second kappa shape index (κ2) is 9.00. The van der Waals surface area contributed by atoms with E-state index in [0.717, 1.165) is 0 Å². The Morgan fingerprint density at radius 3 is 2.27 bits per heavy atom. The molecular weight excluding hydrogens is 216 g/mol. The third-order valence-electron chi connectivity index (χ3n) is 1.68. The molecule has 0 fully saturated rings. The third-order valence-corrected chi connectivity index (χ3v) is 2.88. The molecule has 1 unspecified atom stereocenters. The van der Waals surface area contributed by atoms with Gasteiger partial charge in [-0.2, -0.15) is 11.8 Å². The van der Waals surface area contributed by atoms with Gasteiger partial charge in [-0.05, 0) is 13.8 Å². The molecule has 0 heterocycles. The van der Waals surface area contributed by atoms with Crippen LogP contribution >= 0.6 is 11.8 Å². The maximum atomic E-state index is 10.4. The zero-order chi connectivity index (χ0) is 11.7. The van der Waals surface area contributed by atoms with Gasteiger partial charge < -0.3 is 14.6 Å². The molecule has 1 atom stereocenters. The molecule has 0 saturated carbocycles. The predicted molar refractivity (Wildman–Crippen MR) is 61.2 cm³/mol. The van der Waals surface area contributed by atoms with Crippen LogP contribution < -0.4 is 0 Å². The number of carbonyl (C=O) groups is 1. The lowest BCUT2D eigenvalue weighted by molar-refractivity contribution is -0.137. The van der Waals surface area contributed by atoms with Crippen molar-refractivity contribution in [3.63, 3.8) is 0 Å². The quantitative estimate of drug-likeness (QED) is 0.620. The topological polar surface area (TPSA) is 55.8 Å². The lowest BCUT2D eigenvalue weighted by atomic mass is 10.3. The second-order valence-corrected chi connectivity index (χ2v) is 4.55. The molecule has 90 valence electrons. The van der Waals surface area contributed by atoms with Gasteiger partial charge in [0.05, 0.1) is 6.42 Å². The first-order valence-electron chi connectivity index (χ1n) is 5.16. The van der Waals surface area contributed by atoms with E-state index >= 15 is 0 Å². The summed E-state index contributed by atoms with van der Waals surface area (Å²) in [5.74, 6) is -0.0878. The van der Waals surface area contributed by atoms with Gasteiger partial charge in [-0.25, -0.2) is 0 Å². The fraction of sp³-hybridized carbons (Fsp3) is 0.900. The average Bonchev–Trinajstić information content (AvgIpc) is 2.14. The van der Waals surface area contributed by atoms with Crippen molar-refractivity contribution in [2.45, 2.75) is 38.7 Å². The SMILES string of the molecule is CCOC(CSC(C)CC(=O)O)OCC. The average molecular weight is 236 g/mol. The Morgan fingerprint density at radius 1 is 1.33 bits per heavy atom. The maximum absolute atomic E-state index is 10.4. The van der Waals surface area contributed by atoms with Crippen LogP contribution in [0, 0.1) is 0 Å². The van der Waals surface area contributed by atoms with Crippen LogP contribution in [0.15, 0.2) is 0 Å². The smallest absolute Gasteiger partial charge is 0.304 e. The zero-order valence-corrected chi connectivity index (χ0v) is 10.4. The van der Waals surface area contributed by atoms with Crippen LogP contribution in [0.3, 0.4) is 0 Å². The van der Waals surface area contributed by atoms with Gasteiger partial charge in [0, 0.05) is 24.2 Å². The van der Waals surface area contributed by atoms with E-state index in [1.54, 1.807) is 11.8 Å². The molecule has 0 aromatic heterocycles. The highest BCUT2D eigenvalue weighted by atomic mass is 32.2. The highest BCUT2D eigenvalue weighted by Crippen LogP contribution is 2.16. The van der Waals surface area contributed by atoms with Gasteiger partial charge in [-0.15, -0.1) is 0 Å². The molecule has 0 spiro atoms. The monoisotopic (exact) mass is 236 g/mol. The molecule has 0 aliphatic rings. The fourth-order valence-corrected chi connectivity index (χ4v) is 2.00. The van der Waals surface area contributed by atoms with Crippen molar-refractivity contribution in [2.24, 2.45) is 0 Å². The Morgan fingerprint density at radius 2 is 1.87 bits per heavy atom. The number of rotatable bonds is 9. The van der Waals surface area contributed by atoms with E-state index < -0.39 is 5.97 Å². The molecule has 0 aliphatic carbocycles. The highest BCUT2D eigenvalue weighted by Gasteiger charge is 2.13. The van der Waals surface area contributed by atoms with Gasteiger partial charge in [0.2, 0.25) is 0 Å². The molecule has 0 rings (SSSR count). The van der Waals surface area contributed by atoms with Crippen LogP contribution in [0.5, 0.6) is 0 Å². The van der Waals surface area contributed by atoms with E-state index in [0.29, 0.717) is 19.0 Å². The predicted octanol–water partition coefficient (Wildman–Crippen LogP) is 1.98. The lowest BCUT2D eigenvalue weighted by Gasteiger charge is -2.18. The van der Waals surface area contributed by atoms with E-state index in [1.807, 2.05) is 20.8 Å². The van der Waals surface area contributed by atoms with E-state index in [-0.39, 0.29) is 18.0 Å². The number of hydrogen-bond acceptors (Lipinski definition) is 4. The van der Waals surface area contributed by atoms with Crippen molar-refractivity contribution in [1.82, 2.24) is 0 Å². The van der Waals surface area contributed by atoms with Gasteiger partial charge in [-0.3, -0.25) is 4.79 Å². The van der Waals surface area contributed by atoms with E-state index in [1.165, 1.54) is 0 Å². The third kappa shape index (κ3) is 8.72. The summed E-state index contributed by atoms with van der Waals surface area (Å²) in [5, 5.41) is 8.67. The number of thioether (sulfide) groups is 1. The number of carboxylic acid groups (broad SMARTS) is 1. The van der Waals surface area contributed by atoms with Crippen molar-refractivity contribution < 1.29 is 19.4 Å². The zero-order valence-electron chi connectivity index (χ0n) is 9.56. The van der Waals surface area contributed by atoms with Crippen LogP contribution in [0.1, 0.15) is 27.2 Å². The first-order valence-corrected chi connectivity index (χ1v) is 6.21. The van der Waals surface area contributed by atoms with Crippen LogP contribution in [0.2, 0.25) is 0 Å². The van der Waals surface area contributed by atoms with Crippen LogP contribution in [0.25, 0.3) is 0 Å². The van der Waals surface area contributed by atoms with Crippen molar-refractivity contribution in [3.8, 4) is 0 Å². The van der Waals surface area contributed by atoms with Crippen LogP contribution in [-0.2, 0) is 14.3 Å². The minimum atomic E-state index is -0.764. The molecule has 15 heavy (non-hydrogen) atoms. The first-order chi connectivity index (χ1) is 7.10. The number of hydrogen-bond donors (Lipinski definition) is 1. The normalized spacial score (nSPS) is 13.1. The fourth-order valence-electron chi connectivity index (χ4n) is 1.06. The summed E-state index contributed by atoms with van der Waals surface area (Å²) in [6, 6.07) is 0. The van der Waals surface area contributed by atoms with Gasteiger partial charge in [0.25, 0.3) is 0 Å². The van der Waals surface area contributed by atoms with Gasteiger partial charge in [-0.1, -0.05) is 6.92 Å². The molecule has 0 aromatic rings. The van der Waals surface area contributed by atoms with Gasteiger partial charge >= 0.3 is 5.97 Å². The largest absolute Gasteiger partial charge is 0.481 e.